The fourth-order valence-corrected chi connectivity index (χ4v) is 2.33. The number of nitrogens with two attached hydrogens (primary N) is 1. The number of hydrogen-bond donors (Lipinski definition) is 1. The van der Waals surface area contributed by atoms with Gasteiger partial charge in [-0.1, -0.05) is 36.5 Å². The summed E-state index contributed by atoms with van der Waals surface area (Å²) < 4.78 is 2.01. The van der Waals surface area contributed by atoms with Crippen LogP contribution < -0.4 is 5.73 Å². The van der Waals surface area contributed by atoms with Crippen LogP contribution in [0, 0.1) is 0 Å². The highest BCUT2D eigenvalue weighted by Gasteiger charge is 2.05. The Balaban J connectivity index is 1.97. The van der Waals surface area contributed by atoms with Crippen molar-refractivity contribution in [2.24, 2.45) is 5.73 Å². The fourth-order valence-electron chi connectivity index (χ4n) is 2.15. The molecule has 0 aliphatic heterocycles. The fraction of sp³-hybridized carbons (Fsp3) is 0.0667. The topological polar surface area (TPSA) is 43.8 Å². The number of rotatable bonds is 3. The molecule has 0 aliphatic rings. The van der Waals surface area contributed by atoms with Crippen LogP contribution in [-0.4, -0.2) is 14.5 Å². The van der Waals surface area contributed by atoms with E-state index < -0.39 is 0 Å². The summed E-state index contributed by atoms with van der Waals surface area (Å²) in [4.78, 5) is 5.05. The first-order valence-electron chi connectivity index (χ1n) is 6.03. The maximum atomic E-state index is 5.69. The van der Waals surface area contributed by atoms with Gasteiger partial charge in [0.2, 0.25) is 0 Å². The Morgan fingerprint density at radius 2 is 1.95 bits per heavy atom. The Morgan fingerprint density at radius 1 is 1.11 bits per heavy atom. The van der Waals surface area contributed by atoms with Crippen molar-refractivity contribution < 1.29 is 0 Å². The van der Waals surface area contributed by atoms with Crippen molar-refractivity contribution in [1.82, 2.24) is 9.55 Å². The molecule has 0 saturated heterocycles. The molecule has 0 atom stereocenters. The summed E-state index contributed by atoms with van der Waals surface area (Å²) >= 11 is 5.03. The zero-order valence-corrected chi connectivity index (χ0v) is 11.1. The Hall–Kier alpha value is -2.20. The molecule has 94 valence electrons. The third-order valence-electron chi connectivity index (χ3n) is 3.07. The van der Waals surface area contributed by atoms with Crippen molar-refractivity contribution in [3.8, 4) is 0 Å². The molecule has 3 aromatic rings. The third-order valence-corrected chi connectivity index (χ3v) is 3.28. The second-order valence-corrected chi connectivity index (χ2v) is 4.82. The minimum Gasteiger partial charge on any atom is -0.388 e. The van der Waals surface area contributed by atoms with E-state index in [-0.39, 0.29) is 0 Å². The molecule has 0 radical (unpaired) electrons. The molecule has 0 bridgehead atoms. The standard InChI is InChI=1S/C15H13N3S/c16-15(19)14-6-3-9-18(14)10-12-8-7-11-4-1-2-5-13(11)17-12/h1-9H,10H2,(H2,16,19). The molecular formula is C15H13N3S. The van der Waals surface area contributed by atoms with Crippen molar-refractivity contribution in [2.75, 3.05) is 0 Å². The summed E-state index contributed by atoms with van der Waals surface area (Å²) in [5.41, 5.74) is 8.56. The van der Waals surface area contributed by atoms with Gasteiger partial charge < -0.3 is 10.3 Å². The number of aromatic nitrogens is 2. The largest absolute Gasteiger partial charge is 0.388 e. The summed E-state index contributed by atoms with van der Waals surface area (Å²) in [6, 6.07) is 16.1. The van der Waals surface area contributed by atoms with E-state index in [9.17, 15) is 0 Å². The molecule has 0 amide bonds. The van der Waals surface area contributed by atoms with E-state index in [0.29, 0.717) is 11.5 Å². The van der Waals surface area contributed by atoms with Crippen LogP contribution in [0.25, 0.3) is 10.9 Å². The van der Waals surface area contributed by atoms with E-state index in [1.807, 2.05) is 47.2 Å². The highest BCUT2D eigenvalue weighted by molar-refractivity contribution is 7.80. The summed E-state index contributed by atoms with van der Waals surface area (Å²) in [5, 5.41) is 1.15. The Bertz CT molecular complexity index is 746. The molecule has 0 unspecified atom stereocenters. The van der Waals surface area contributed by atoms with Gasteiger partial charge in [0, 0.05) is 11.6 Å². The second kappa shape index (κ2) is 4.82. The van der Waals surface area contributed by atoms with Gasteiger partial charge in [-0.05, 0) is 24.3 Å². The molecule has 2 heterocycles. The minimum atomic E-state index is 0.408. The molecule has 3 rings (SSSR count). The highest BCUT2D eigenvalue weighted by atomic mass is 32.1. The number of hydrogen-bond acceptors (Lipinski definition) is 2. The maximum Gasteiger partial charge on any atom is 0.120 e. The second-order valence-electron chi connectivity index (χ2n) is 4.38. The molecule has 2 aromatic heterocycles. The van der Waals surface area contributed by atoms with E-state index in [0.717, 1.165) is 22.3 Å². The van der Waals surface area contributed by atoms with E-state index in [1.54, 1.807) is 0 Å². The van der Waals surface area contributed by atoms with Gasteiger partial charge in [0.15, 0.2) is 0 Å². The minimum absolute atomic E-state index is 0.408. The highest BCUT2D eigenvalue weighted by Crippen LogP contribution is 2.13. The zero-order valence-electron chi connectivity index (χ0n) is 10.3. The van der Waals surface area contributed by atoms with Gasteiger partial charge in [-0.25, -0.2) is 0 Å². The van der Waals surface area contributed by atoms with Crippen LogP contribution in [0.5, 0.6) is 0 Å². The Kier molecular flexibility index (Phi) is 3.01. The van der Waals surface area contributed by atoms with Crippen LogP contribution in [-0.2, 0) is 6.54 Å². The molecule has 0 saturated carbocycles. The van der Waals surface area contributed by atoms with Crippen LogP contribution in [0.4, 0.5) is 0 Å². The van der Waals surface area contributed by atoms with Crippen molar-refractivity contribution in [3.05, 3.63) is 66.1 Å². The average molecular weight is 267 g/mol. The smallest absolute Gasteiger partial charge is 0.120 e. The van der Waals surface area contributed by atoms with E-state index in [4.69, 9.17) is 18.0 Å². The predicted molar refractivity (Wildman–Crippen MR) is 81.2 cm³/mol. The molecule has 3 nitrogen and oxygen atoms in total. The molecule has 0 aliphatic carbocycles. The molecule has 0 fully saturated rings. The van der Waals surface area contributed by atoms with Gasteiger partial charge in [0.05, 0.1) is 23.4 Å². The number of pyridine rings is 1. The van der Waals surface area contributed by atoms with Crippen LogP contribution in [0.3, 0.4) is 0 Å². The Morgan fingerprint density at radius 3 is 2.79 bits per heavy atom. The lowest BCUT2D eigenvalue weighted by Gasteiger charge is -2.08. The number of nitrogens with zero attached hydrogens (tertiary/aromatic N) is 2. The van der Waals surface area contributed by atoms with E-state index in [2.05, 4.69) is 17.1 Å². The molecule has 0 spiro atoms. The molecule has 1 aromatic carbocycles. The van der Waals surface area contributed by atoms with Gasteiger partial charge in [-0.2, -0.15) is 0 Å². The number of thiocarbonyl (C=S) groups is 1. The third kappa shape index (κ3) is 2.35. The van der Waals surface area contributed by atoms with Crippen LogP contribution in [0.15, 0.2) is 54.7 Å². The van der Waals surface area contributed by atoms with Crippen LogP contribution in [0.2, 0.25) is 0 Å². The quantitative estimate of drug-likeness (QED) is 0.742. The van der Waals surface area contributed by atoms with Crippen molar-refractivity contribution in [2.45, 2.75) is 6.54 Å². The molecule has 19 heavy (non-hydrogen) atoms. The average Bonchev–Trinajstić information content (AvgIpc) is 2.87. The first-order chi connectivity index (χ1) is 9.24. The van der Waals surface area contributed by atoms with Gasteiger partial charge in [0.25, 0.3) is 0 Å². The maximum absolute atomic E-state index is 5.69. The summed E-state index contributed by atoms with van der Waals surface area (Å²) in [5.74, 6) is 0. The number of fused-ring (bicyclic) bond motifs is 1. The first kappa shape index (κ1) is 11.9. The number of para-hydroxylation sites is 1. The molecule has 2 N–H and O–H groups in total. The Labute approximate surface area is 116 Å². The first-order valence-corrected chi connectivity index (χ1v) is 6.44. The van der Waals surface area contributed by atoms with Crippen molar-refractivity contribution in [3.63, 3.8) is 0 Å². The lowest BCUT2D eigenvalue weighted by molar-refractivity contribution is 0.778. The summed E-state index contributed by atoms with van der Waals surface area (Å²) in [6.45, 7) is 0.671. The summed E-state index contributed by atoms with van der Waals surface area (Å²) in [7, 11) is 0. The van der Waals surface area contributed by atoms with Gasteiger partial charge >= 0.3 is 0 Å². The van der Waals surface area contributed by atoms with E-state index >= 15 is 0 Å². The predicted octanol–water partition coefficient (Wildman–Crippen LogP) is 2.72. The van der Waals surface area contributed by atoms with Crippen molar-refractivity contribution >= 4 is 28.1 Å². The normalized spacial score (nSPS) is 10.7. The van der Waals surface area contributed by atoms with Crippen molar-refractivity contribution in [1.29, 1.82) is 0 Å². The van der Waals surface area contributed by atoms with Gasteiger partial charge in [-0.15, -0.1) is 0 Å². The van der Waals surface area contributed by atoms with Gasteiger partial charge in [0.1, 0.15) is 4.99 Å². The SMILES string of the molecule is NC(=S)c1cccn1Cc1ccc2ccccc2n1. The monoisotopic (exact) mass is 267 g/mol. The lowest BCUT2D eigenvalue weighted by atomic mass is 10.2. The zero-order chi connectivity index (χ0) is 13.2. The summed E-state index contributed by atoms with van der Waals surface area (Å²) in [6.07, 6.45) is 1.96. The number of benzene rings is 1. The lowest BCUT2D eigenvalue weighted by Crippen LogP contribution is -2.16. The van der Waals surface area contributed by atoms with Crippen LogP contribution in [0.1, 0.15) is 11.4 Å². The van der Waals surface area contributed by atoms with E-state index in [1.165, 1.54) is 0 Å². The van der Waals surface area contributed by atoms with Crippen LogP contribution >= 0.6 is 12.2 Å². The van der Waals surface area contributed by atoms with Gasteiger partial charge in [-0.3, -0.25) is 4.98 Å². The molecule has 4 heteroatoms. The molecular weight excluding hydrogens is 254 g/mol.